The van der Waals surface area contributed by atoms with Crippen LogP contribution in [0.15, 0.2) is 0 Å². The van der Waals surface area contributed by atoms with Gasteiger partial charge in [-0.1, -0.05) is 6.92 Å². The van der Waals surface area contributed by atoms with Gasteiger partial charge in [0.15, 0.2) is 0 Å². The minimum absolute atomic E-state index is 0.00713. The second-order valence-electron chi connectivity index (χ2n) is 5.41. The first-order valence-electron chi connectivity index (χ1n) is 6.09. The molecule has 0 aromatic heterocycles. The maximum Gasteiger partial charge on any atom is 0.242 e. The molecule has 4 heteroatoms. The minimum atomic E-state index is -0.768. The summed E-state index contributed by atoms with van der Waals surface area (Å²) in [6.07, 6.45) is 2.87. The third-order valence-electron chi connectivity index (χ3n) is 3.57. The van der Waals surface area contributed by atoms with Crippen LogP contribution in [0.3, 0.4) is 0 Å². The fourth-order valence-corrected chi connectivity index (χ4v) is 1.98. The SMILES string of the molecule is CCC(C)(N)C(=O)N1CCCC(C)(O)CC1. The molecule has 0 aliphatic carbocycles. The molecule has 1 fully saturated rings. The molecule has 2 atom stereocenters. The van der Waals surface area contributed by atoms with Gasteiger partial charge in [-0.25, -0.2) is 0 Å². The van der Waals surface area contributed by atoms with Crippen LogP contribution >= 0.6 is 0 Å². The molecule has 0 saturated carbocycles. The van der Waals surface area contributed by atoms with Crippen molar-refractivity contribution in [1.82, 2.24) is 4.90 Å². The lowest BCUT2D eigenvalue weighted by atomic mass is 9.97. The summed E-state index contributed by atoms with van der Waals surface area (Å²) in [5, 5.41) is 9.94. The van der Waals surface area contributed by atoms with E-state index in [0.29, 0.717) is 25.9 Å². The molecule has 2 unspecified atom stereocenters. The fourth-order valence-electron chi connectivity index (χ4n) is 1.98. The van der Waals surface area contributed by atoms with Gasteiger partial charge in [-0.05, 0) is 39.5 Å². The summed E-state index contributed by atoms with van der Waals surface area (Å²) in [5.41, 5.74) is 4.55. The van der Waals surface area contributed by atoms with Crippen molar-refractivity contribution in [3.05, 3.63) is 0 Å². The lowest BCUT2D eigenvalue weighted by Crippen LogP contribution is -2.53. The third-order valence-corrected chi connectivity index (χ3v) is 3.57. The largest absolute Gasteiger partial charge is 0.390 e. The zero-order chi connectivity index (χ0) is 12.4. The molecule has 0 radical (unpaired) electrons. The summed E-state index contributed by atoms with van der Waals surface area (Å²) in [5.74, 6) is 0.00713. The Hall–Kier alpha value is -0.610. The highest BCUT2D eigenvalue weighted by molar-refractivity contribution is 5.85. The number of carbonyl (C=O) groups is 1. The third kappa shape index (κ3) is 3.19. The summed E-state index contributed by atoms with van der Waals surface area (Å²) in [4.78, 5) is 13.9. The molecule has 16 heavy (non-hydrogen) atoms. The van der Waals surface area contributed by atoms with Crippen LogP contribution in [-0.4, -0.2) is 40.1 Å². The first-order valence-corrected chi connectivity index (χ1v) is 6.09. The Morgan fingerprint density at radius 1 is 1.50 bits per heavy atom. The van der Waals surface area contributed by atoms with E-state index in [1.165, 1.54) is 0 Å². The predicted molar refractivity (Wildman–Crippen MR) is 63.9 cm³/mol. The number of nitrogens with zero attached hydrogens (tertiary/aromatic N) is 1. The summed E-state index contributed by atoms with van der Waals surface area (Å²) in [7, 11) is 0. The number of nitrogens with two attached hydrogens (primary N) is 1. The molecule has 94 valence electrons. The standard InChI is InChI=1S/C12H24N2O2/c1-4-12(3,13)10(15)14-8-5-6-11(2,16)7-9-14/h16H,4-9,13H2,1-3H3. The van der Waals surface area contributed by atoms with Crippen LogP contribution in [0.1, 0.15) is 46.5 Å². The summed E-state index contributed by atoms with van der Waals surface area (Å²) in [6, 6.07) is 0. The van der Waals surface area contributed by atoms with Crippen LogP contribution in [-0.2, 0) is 4.79 Å². The zero-order valence-corrected chi connectivity index (χ0v) is 10.6. The van der Waals surface area contributed by atoms with Crippen molar-refractivity contribution in [1.29, 1.82) is 0 Å². The monoisotopic (exact) mass is 228 g/mol. The van der Waals surface area contributed by atoms with Gasteiger partial charge >= 0.3 is 0 Å². The van der Waals surface area contributed by atoms with Gasteiger partial charge in [-0.3, -0.25) is 4.79 Å². The van der Waals surface area contributed by atoms with Gasteiger partial charge in [0, 0.05) is 13.1 Å². The number of carbonyl (C=O) groups excluding carboxylic acids is 1. The Morgan fingerprint density at radius 2 is 2.12 bits per heavy atom. The zero-order valence-electron chi connectivity index (χ0n) is 10.6. The van der Waals surface area contributed by atoms with E-state index in [4.69, 9.17) is 5.73 Å². The van der Waals surface area contributed by atoms with E-state index in [1.807, 2.05) is 13.8 Å². The van der Waals surface area contributed by atoms with Crippen molar-refractivity contribution in [3.63, 3.8) is 0 Å². The molecule has 1 rings (SSSR count). The Labute approximate surface area is 97.8 Å². The second-order valence-corrected chi connectivity index (χ2v) is 5.41. The summed E-state index contributed by atoms with van der Waals surface area (Å²) in [6.45, 7) is 6.85. The van der Waals surface area contributed by atoms with Crippen molar-refractivity contribution in [3.8, 4) is 0 Å². The Kier molecular flexibility index (Phi) is 3.97. The van der Waals surface area contributed by atoms with E-state index in [2.05, 4.69) is 0 Å². The Balaban J connectivity index is 2.65. The quantitative estimate of drug-likeness (QED) is 0.737. The number of hydrogen-bond acceptors (Lipinski definition) is 3. The molecule has 0 bridgehead atoms. The van der Waals surface area contributed by atoms with Crippen molar-refractivity contribution < 1.29 is 9.90 Å². The van der Waals surface area contributed by atoms with Gasteiger partial charge in [-0.2, -0.15) is 0 Å². The van der Waals surface area contributed by atoms with Gasteiger partial charge in [0.2, 0.25) is 5.91 Å². The Morgan fingerprint density at radius 3 is 2.69 bits per heavy atom. The van der Waals surface area contributed by atoms with Crippen LogP contribution in [0.5, 0.6) is 0 Å². The first-order chi connectivity index (χ1) is 7.28. The summed E-state index contributed by atoms with van der Waals surface area (Å²) >= 11 is 0. The number of rotatable bonds is 2. The van der Waals surface area contributed by atoms with Crippen molar-refractivity contribution in [2.24, 2.45) is 5.73 Å². The highest BCUT2D eigenvalue weighted by Gasteiger charge is 2.33. The maximum atomic E-state index is 12.1. The van der Waals surface area contributed by atoms with Gasteiger partial charge in [-0.15, -0.1) is 0 Å². The average molecular weight is 228 g/mol. The lowest BCUT2D eigenvalue weighted by Gasteiger charge is -2.30. The van der Waals surface area contributed by atoms with E-state index in [0.717, 1.165) is 12.8 Å². The molecular weight excluding hydrogens is 204 g/mol. The van der Waals surface area contributed by atoms with Crippen LogP contribution in [0.2, 0.25) is 0 Å². The van der Waals surface area contributed by atoms with Crippen LogP contribution in [0, 0.1) is 0 Å². The van der Waals surface area contributed by atoms with E-state index < -0.39 is 11.1 Å². The molecule has 4 nitrogen and oxygen atoms in total. The fraction of sp³-hybridized carbons (Fsp3) is 0.917. The molecule has 0 aromatic carbocycles. The average Bonchev–Trinajstić information content (AvgIpc) is 2.38. The molecule has 0 spiro atoms. The molecule has 1 aliphatic heterocycles. The molecule has 1 heterocycles. The number of amides is 1. The molecule has 1 amide bonds. The topological polar surface area (TPSA) is 66.6 Å². The normalized spacial score (nSPS) is 30.7. The number of aliphatic hydroxyl groups is 1. The van der Waals surface area contributed by atoms with Crippen molar-refractivity contribution >= 4 is 5.91 Å². The van der Waals surface area contributed by atoms with E-state index in [-0.39, 0.29) is 5.91 Å². The highest BCUT2D eigenvalue weighted by Crippen LogP contribution is 2.23. The van der Waals surface area contributed by atoms with Gasteiger partial charge in [0.05, 0.1) is 11.1 Å². The van der Waals surface area contributed by atoms with E-state index >= 15 is 0 Å². The summed E-state index contributed by atoms with van der Waals surface area (Å²) < 4.78 is 0. The number of hydrogen-bond donors (Lipinski definition) is 2. The van der Waals surface area contributed by atoms with Crippen LogP contribution in [0.4, 0.5) is 0 Å². The number of likely N-dealkylation sites (tertiary alicyclic amines) is 1. The molecular formula is C12H24N2O2. The van der Waals surface area contributed by atoms with Crippen molar-refractivity contribution in [2.45, 2.75) is 57.6 Å². The van der Waals surface area contributed by atoms with Gasteiger partial charge < -0.3 is 15.7 Å². The highest BCUT2D eigenvalue weighted by atomic mass is 16.3. The van der Waals surface area contributed by atoms with Crippen LogP contribution < -0.4 is 5.73 Å². The van der Waals surface area contributed by atoms with Gasteiger partial charge in [0.25, 0.3) is 0 Å². The predicted octanol–water partition coefficient (Wildman–Crippen LogP) is 0.877. The second kappa shape index (κ2) is 4.72. The minimum Gasteiger partial charge on any atom is -0.390 e. The molecule has 0 aromatic rings. The van der Waals surface area contributed by atoms with E-state index in [9.17, 15) is 9.90 Å². The van der Waals surface area contributed by atoms with Crippen molar-refractivity contribution in [2.75, 3.05) is 13.1 Å². The Bertz CT molecular complexity index is 262. The van der Waals surface area contributed by atoms with E-state index in [1.54, 1.807) is 11.8 Å². The lowest BCUT2D eigenvalue weighted by molar-refractivity contribution is -0.136. The van der Waals surface area contributed by atoms with Crippen LogP contribution in [0.25, 0.3) is 0 Å². The smallest absolute Gasteiger partial charge is 0.242 e. The van der Waals surface area contributed by atoms with Gasteiger partial charge in [0.1, 0.15) is 0 Å². The first kappa shape index (κ1) is 13.5. The molecule has 1 aliphatic rings. The molecule has 1 saturated heterocycles. The maximum absolute atomic E-state index is 12.1. The molecule has 3 N–H and O–H groups in total.